The fourth-order valence-corrected chi connectivity index (χ4v) is 3.17. The Balaban J connectivity index is 1.92. The molecule has 0 aromatic heterocycles. The molecule has 0 unspecified atom stereocenters. The molecule has 0 aliphatic heterocycles. The minimum atomic E-state index is -0.382. The zero-order valence-corrected chi connectivity index (χ0v) is 15.0. The van der Waals surface area contributed by atoms with Crippen molar-refractivity contribution in [1.29, 1.82) is 0 Å². The Bertz CT molecular complexity index is 542. The quantitative estimate of drug-likeness (QED) is 0.247. The highest BCUT2D eigenvalue weighted by atomic mass is 32.2. The van der Waals surface area contributed by atoms with Gasteiger partial charge in [0.25, 0.3) is 5.69 Å². The number of nitro benzene ring substituents is 1. The maximum Gasteiger partial charge on any atom is 0.269 e. The van der Waals surface area contributed by atoms with Gasteiger partial charge in [0.15, 0.2) is 5.96 Å². The SMILES string of the molecule is CSCCCNC(=NCc1ccc([N+](=O)[O-])cc1)NC1CCCC1. The van der Waals surface area contributed by atoms with Crippen molar-refractivity contribution >= 4 is 23.4 Å². The van der Waals surface area contributed by atoms with Crippen molar-refractivity contribution in [2.75, 3.05) is 18.6 Å². The van der Waals surface area contributed by atoms with Crippen LogP contribution in [0.15, 0.2) is 29.3 Å². The van der Waals surface area contributed by atoms with E-state index in [1.807, 2.05) is 11.8 Å². The summed E-state index contributed by atoms with van der Waals surface area (Å²) >= 11 is 1.84. The molecule has 2 rings (SSSR count). The van der Waals surface area contributed by atoms with Crippen molar-refractivity contribution in [3.8, 4) is 0 Å². The fraction of sp³-hybridized carbons (Fsp3) is 0.588. The molecule has 1 aromatic rings. The van der Waals surface area contributed by atoms with Crippen LogP contribution >= 0.6 is 11.8 Å². The highest BCUT2D eigenvalue weighted by Crippen LogP contribution is 2.17. The van der Waals surface area contributed by atoms with E-state index in [1.165, 1.54) is 37.8 Å². The summed E-state index contributed by atoms with van der Waals surface area (Å²) in [6.45, 7) is 1.42. The zero-order valence-electron chi connectivity index (χ0n) is 14.2. The molecule has 0 spiro atoms. The first-order valence-corrected chi connectivity index (χ1v) is 9.85. The smallest absolute Gasteiger partial charge is 0.269 e. The minimum absolute atomic E-state index is 0.113. The predicted molar refractivity (Wildman–Crippen MR) is 101 cm³/mol. The largest absolute Gasteiger partial charge is 0.356 e. The van der Waals surface area contributed by atoms with Crippen molar-refractivity contribution in [3.63, 3.8) is 0 Å². The molecule has 24 heavy (non-hydrogen) atoms. The molecule has 0 radical (unpaired) electrons. The highest BCUT2D eigenvalue weighted by Gasteiger charge is 2.16. The van der Waals surface area contributed by atoms with Crippen LogP contribution in [0.25, 0.3) is 0 Å². The third-order valence-electron chi connectivity index (χ3n) is 4.08. The topological polar surface area (TPSA) is 79.6 Å². The molecular weight excluding hydrogens is 324 g/mol. The molecule has 1 fully saturated rings. The molecule has 0 heterocycles. The van der Waals surface area contributed by atoms with Crippen LogP contribution in [0, 0.1) is 10.1 Å². The lowest BCUT2D eigenvalue weighted by atomic mass is 10.2. The fourth-order valence-electron chi connectivity index (χ4n) is 2.73. The van der Waals surface area contributed by atoms with Crippen LogP contribution in [-0.4, -0.2) is 35.5 Å². The van der Waals surface area contributed by atoms with Crippen LogP contribution in [0.5, 0.6) is 0 Å². The number of guanidine groups is 1. The summed E-state index contributed by atoms with van der Waals surface area (Å²) in [5.41, 5.74) is 1.08. The molecule has 1 saturated carbocycles. The van der Waals surface area contributed by atoms with Gasteiger partial charge in [0, 0.05) is 24.7 Å². The van der Waals surface area contributed by atoms with E-state index < -0.39 is 0 Å². The molecule has 132 valence electrons. The molecule has 1 aliphatic rings. The van der Waals surface area contributed by atoms with Crippen LogP contribution in [0.2, 0.25) is 0 Å². The van der Waals surface area contributed by atoms with Gasteiger partial charge in [-0.15, -0.1) is 0 Å². The molecule has 2 N–H and O–H groups in total. The number of non-ortho nitro benzene ring substituents is 1. The lowest BCUT2D eigenvalue weighted by molar-refractivity contribution is -0.384. The van der Waals surface area contributed by atoms with Gasteiger partial charge in [0.2, 0.25) is 0 Å². The second-order valence-electron chi connectivity index (χ2n) is 5.99. The Kier molecular flexibility index (Phi) is 7.88. The summed E-state index contributed by atoms with van der Waals surface area (Å²) < 4.78 is 0. The van der Waals surface area contributed by atoms with E-state index >= 15 is 0 Å². The van der Waals surface area contributed by atoms with E-state index in [0.717, 1.165) is 30.2 Å². The van der Waals surface area contributed by atoms with Gasteiger partial charge in [0.1, 0.15) is 0 Å². The average Bonchev–Trinajstić information content (AvgIpc) is 3.09. The summed E-state index contributed by atoms with van der Waals surface area (Å²) in [7, 11) is 0. The number of nitro groups is 1. The van der Waals surface area contributed by atoms with Gasteiger partial charge in [-0.3, -0.25) is 10.1 Å². The molecule has 1 aliphatic carbocycles. The van der Waals surface area contributed by atoms with Crippen LogP contribution in [0.1, 0.15) is 37.7 Å². The van der Waals surface area contributed by atoms with Crippen LogP contribution in [0.3, 0.4) is 0 Å². The normalized spacial score (nSPS) is 15.5. The average molecular weight is 350 g/mol. The Labute approximate surface area is 147 Å². The van der Waals surface area contributed by atoms with Crippen molar-refractivity contribution in [1.82, 2.24) is 10.6 Å². The number of nitrogens with one attached hydrogen (secondary N) is 2. The van der Waals surface area contributed by atoms with Gasteiger partial charge >= 0.3 is 0 Å². The maximum absolute atomic E-state index is 10.7. The van der Waals surface area contributed by atoms with E-state index in [2.05, 4.69) is 21.9 Å². The first-order valence-electron chi connectivity index (χ1n) is 8.46. The summed E-state index contributed by atoms with van der Waals surface area (Å²) in [5, 5.41) is 17.6. The van der Waals surface area contributed by atoms with Gasteiger partial charge < -0.3 is 10.6 Å². The Morgan fingerprint density at radius 3 is 2.67 bits per heavy atom. The lowest BCUT2D eigenvalue weighted by Gasteiger charge is -2.17. The molecule has 0 atom stereocenters. The van der Waals surface area contributed by atoms with E-state index in [-0.39, 0.29) is 10.6 Å². The Hall–Kier alpha value is -1.76. The second-order valence-corrected chi connectivity index (χ2v) is 6.97. The van der Waals surface area contributed by atoms with Crippen molar-refractivity contribution < 1.29 is 4.92 Å². The van der Waals surface area contributed by atoms with Gasteiger partial charge in [-0.05, 0) is 36.8 Å². The van der Waals surface area contributed by atoms with E-state index in [4.69, 9.17) is 0 Å². The standard InChI is InChI=1S/C17H26N4O2S/c1-24-12-4-11-18-17(20-15-5-2-3-6-15)19-13-14-7-9-16(10-8-14)21(22)23/h7-10,15H,2-6,11-13H2,1H3,(H2,18,19,20). The Morgan fingerprint density at radius 2 is 2.04 bits per heavy atom. The summed E-state index contributed by atoms with van der Waals surface area (Å²) in [4.78, 5) is 15.0. The van der Waals surface area contributed by atoms with Gasteiger partial charge in [-0.25, -0.2) is 4.99 Å². The van der Waals surface area contributed by atoms with Crippen molar-refractivity contribution in [2.24, 2.45) is 4.99 Å². The number of rotatable bonds is 8. The first kappa shape index (κ1) is 18.6. The van der Waals surface area contributed by atoms with E-state index in [1.54, 1.807) is 12.1 Å². The van der Waals surface area contributed by atoms with Crippen LogP contribution < -0.4 is 10.6 Å². The third kappa shape index (κ3) is 6.39. The molecule has 1 aromatic carbocycles. The van der Waals surface area contributed by atoms with Crippen LogP contribution in [0.4, 0.5) is 5.69 Å². The number of benzene rings is 1. The number of hydrogen-bond donors (Lipinski definition) is 2. The minimum Gasteiger partial charge on any atom is -0.356 e. The Morgan fingerprint density at radius 1 is 1.33 bits per heavy atom. The number of nitrogens with zero attached hydrogens (tertiary/aromatic N) is 2. The molecule has 0 bridgehead atoms. The first-order chi connectivity index (χ1) is 11.7. The summed E-state index contributed by atoms with van der Waals surface area (Å²) in [6.07, 6.45) is 8.16. The number of aliphatic imine (C=N–C) groups is 1. The summed E-state index contributed by atoms with van der Waals surface area (Å²) in [5.74, 6) is 1.98. The zero-order chi connectivity index (χ0) is 17.2. The predicted octanol–water partition coefficient (Wildman–Crippen LogP) is 3.33. The highest BCUT2D eigenvalue weighted by molar-refractivity contribution is 7.98. The maximum atomic E-state index is 10.7. The molecule has 0 amide bonds. The third-order valence-corrected chi connectivity index (χ3v) is 4.78. The molecule has 6 nitrogen and oxygen atoms in total. The summed E-state index contributed by atoms with van der Waals surface area (Å²) in [6, 6.07) is 7.10. The van der Waals surface area contributed by atoms with Gasteiger partial charge in [-0.2, -0.15) is 11.8 Å². The molecular formula is C17H26N4O2S. The molecule has 0 saturated heterocycles. The van der Waals surface area contributed by atoms with E-state index in [0.29, 0.717) is 12.6 Å². The van der Waals surface area contributed by atoms with Crippen molar-refractivity contribution in [3.05, 3.63) is 39.9 Å². The lowest BCUT2D eigenvalue weighted by Crippen LogP contribution is -2.42. The van der Waals surface area contributed by atoms with E-state index in [9.17, 15) is 10.1 Å². The monoisotopic (exact) mass is 350 g/mol. The van der Waals surface area contributed by atoms with Gasteiger partial charge in [-0.1, -0.05) is 25.0 Å². The van der Waals surface area contributed by atoms with Crippen molar-refractivity contribution in [2.45, 2.75) is 44.7 Å². The van der Waals surface area contributed by atoms with Crippen LogP contribution in [-0.2, 0) is 6.54 Å². The number of hydrogen-bond acceptors (Lipinski definition) is 4. The van der Waals surface area contributed by atoms with Gasteiger partial charge in [0.05, 0.1) is 11.5 Å². The second kappa shape index (κ2) is 10.2. The number of thioether (sulfide) groups is 1. The molecule has 7 heteroatoms.